The summed E-state index contributed by atoms with van der Waals surface area (Å²) < 4.78 is 11.4. The topological polar surface area (TPSA) is 59.6 Å². The highest BCUT2D eigenvalue weighted by molar-refractivity contribution is 5.98. The van der Waals surface area contributed by atoms with Gasteiger partial charge < -0.3 is 20.1 Å². The van der Waals surface area contributed by atoms with Gasteiger partial charge in [0.2, 0.25) is 0 Å². The lowest BCUT2D eigenvalue weighted by molar-refractivity contribution is 0.0965. The minimum atomic E-state index is -0.00905. The minimum absolute atomic E-state index is 0.00905. The summed E-state index contributed by atoms with van der Waals surface area (Å²) in [6.45, 7) is 3.29. The van der Waals surface area contributed by atoms with E-state index in [9.17, 15) is 4.79 Å². The zero-order valence-corrected chi connectivity index (χ0v) is 15.7. The van der Waals surface area contributed by atoms with E-state index in [4.69, 9.17) is 9.47 Å². The molecule has 0 bridgehead atoms. The number of rotatable bonds is 5. The largest absolute Gasteiger partial charge is 0.497 e. The van der Waals surface area contributed by atoms with Crippen molar-refractivity contribution < 1.29 is 14.3 Å². The van der Waals surface area contributed by atoms with Crippen LogP contribution in [0.4, 0.5) is 0 Å². The summed E-state index contributed by atoms with van der Waals surface area (Å²) >= 11 is 0. The Balaban J connectivity index is 1.48. The molecule has 0 spiro atoms. The van der Waals surface area contributed by atoms with Gasteiger partial charge in [-0.1, -0.05) is 18.2 Å². The SMILES string of the molecule is COc1ccc([C@@H]2CCNCC[C@@H]2COc2ccc3c(c2)C(=O)NC3)cc1. The molecule has 1 amide bonds. The lowest BCUT2D eigenvalue weighted by Gasteiger charge is -2.25. The predicted octanol–water partition coefficient (Wildman–Crippen LogP) is 3.10. The van der Waals surface area contributed by atoms with E-state index in [0.29, 0.717) is 25.0 Å². The number of hydrogen-bond acceptors (Lipinski definition) is 4. The number of hydrogen-bond donors (Lipinski definition) is 2. The molecule has 27 heavy (non-hydrogen) atoms. The molecule has 142 valence electrons. The highest BCUT2D eigenvalue weighted by Gasteiger charge is 2.26. The first-order valence-corrected chi connectivity index (χ1v) is 9.63. The molecular formula is C22H26N2O3. The molecule has 4 rings (SSSR count). The van der Waals surface area contributed by atoms with Gasteiger partial charge in [-0.25, -0.2) is 0 Å². The van der Waals surface area contributed by atoms with Crippen molar-refractivity contribution in [1.82, 2.24) is 10.6 Å². The van der Waals surface area contributed by atoms with Crippen LogP contribution in [-0.4, -0.2) is 32.7 Å². The first-order chi connectivity index (χ1) is 13.2. The van der Waals surface area contributed by atoms with Crippen LogP contribution < -0.4 is 20.1 Å². The first-order valence-electron chi connectivity index (χ1n) is 9.63. The van der Waals surface area contributed by atoms with Crippen molar-refractivity contribution in [2.45, 2.75) is 25.3 Å². The van der Waals surface area contributed by atoms with E-state index in [0.717, 1.165) is 48.6 Å². The van der Waals surface area contributed by atoms with Crippen LogP contribution in [0, 0.1) is 5.92 Å². The molecule has 2 aromatic rings. The third kappa shape index (κ3) is 3.93. The van der Waals surface area contributed by atoms with Crippen molar-refractivity contribution in [1.29, 1.82) is 0 Å². The molecule has 0 saturated carbocycles. The average molecular weight is 366 g/mol. The molecule has 2 aliphatic rings. The van der Waals surface area contributed by atoms with Gasteiger partial charge in [0.25, 0.3) is 5.91 Å². The number of fused-ring (bicyclic) bond motifs is 1. The van der Waals surface area contributed by atoms with Crippen LogP contribution in [0.1, 0.15) is 40.2 Å². The molecule has 1 saturated heterocycles. The molecule has 0 radical (unpaired) electrons. The monoisotopic (exact) mass is 366 g/mol. The number of amides is 1. The molecule has 0 unspecified atom stereocenters. The van der Waals surface area contributed by atoms with Crippen LogP contribution in [-0.2, 0) is 6.54 Å². The van der Waals surface area contributed by atoms with E-state index in [-0.39, 0.29) is 5.91 Å². The highest BCUT2D eigenvalue weighted by atomic mass is 16.5. The third-order valence-electron chi connectivity index (χ3n) is 5.67. The van der Waals surface area contributed by atoms with E-state index in [2.05, 4.69) is 22.8 Å². The maximum Gasteiger partial charge on any atom is 0.252 e. The van der Waals surface area contributed by atoms with Crippen LogP contribution in [0.3, 0.4) is 0 Å². The fourth-order valence-electron chi connectivity index (χ4n) is 4.08. The number of carbonyl (C=O) groups excluding carboxylic acids is 1. The standard InChI is InChI=1S/C22H26N2O3/c1-26-18-5-2-15(3-6-18)20-9-11-23-10-8-17(20)14-27-19-7-4-16-13-24-22(25)21(16)12-19/h2-7,12,17,20,23H,8-11,13-14H2,1H3,(H,24,25)/t17-,20+/m1/s1. The summed E-state index contributed by atoms with van der Waals surface area (Å²) in [6.07, 6.45) is 2.16. The fourth-order valence-corrected chi connectivity index (χ4v) is 4.08. The van der Waals surface area contributed by atoms with E-state index < -0.39 is 0 Å². The van der Waals surface area contributed by atoms with E-state index in [1.807, 2.05) is 30.3 Å². The molecule has 2 N–H and O–H groups in total. The molecule has 5 heteroatoms. The molecular weight excluding hydrogens is 340 g/mol. The van der Waals surface area contributed by atoms with Crippen LogP contribution in [0.5, 0.6) is 11.5 Å². The Kier molecular flexibility index (Phi) is 5.30. The Labute approximate surface area is 160 Å². The van der Waals surface area contributed by atoms with Gasteiger partial charge >= 0.3 is 0 Å². The Morgan fingerprint density at radius 3 is 2.63 bits per heavy atom. The van der Waals surface area contributed by atoms with Crippen LogP contribution in [0.15, 0.2) is 42.5 Å². The van der Waals surface area contributed by atoms with Crippen molar-refractivity contribution in [3.63, 3.8) is 0 Å². The summed E-state index contributed by atoms with van der Waals surface area (Å²) in [5.41, 5.74) is 3.12. The molecule has 2 aromatic carbocycles. The lowest BCUT2D eigenvalue weighted by Crippen LogP contribution is -2.21. The maximum atomic E-state index is 11.9. The van der Waals surface area contributed by atoms with Crippen molar-refractivity contribution >= 4 is 5.91 Å². The summed E-state index contributed by atoms with van der Waals surface area (Å²) in [7, 11) is 1.69. The predicted molar refractivity (Wildman–Crippen MR) is 104 cm³/mol. The number of ether oxygens (including phenoxy) is 2. The van der Waals surface area contributed by atoms with Crippen molar-refractivity contribution in [3.05, 3.63) is 59.2 Å². The second-order valence-corrected chi connectivity index (χ2v) is 7.28. The third-order valence-corrected chi connectivity index (χ3v) is 5.67. The zero-order valence-electron chi connectivity index (χ0n) is 15.7. The summed E-state index contributed by atoms with van der Waals surface area (Å²) in [5.74, 6) is 2.52. The van der Waals surface area contributed by atoms with E-state index in [1.54, 1.807) is 7.11 Å². The van der Waals surface area contributed by atoms with Gasteiger partial charge in [0.15, 0.2) is 0 Å². The van der Waals surface area contributed by atoms with Gasteiger partial charge in [-0.15, -0.1) is 0 Å². The van der Waals surface area contributed by atoms with Gasteiger partial charge in [0.1, 0.15) is 11.5 Å². The highest BCUT2D eigenvalue weighted by Crippen LogP contribution is 2.33. The van der Waals surface area contributed by atoms with Gasteiger partial charge in [-0.05, 0) is 67.2 Å². The van der Waals surface area contributed by atoms with E-state index in [1.165, 1.54) is 5.56 Å². The Morgan fingerprint density at radius 1 is 1.04 bits per heavy atom. The van der Waals surface area contributed by atoms with Gasteiger partial charge in [0.05, 0.1) is 13.7 Å². The summed E-state index contributed by atoms with van der Waals surface area (Å²) in [6, 6.07) is 14.2. The van der Waals surface area contributed by atoms with Gasteiger partial charge in [-0.3, -0.25) is 4.79 Å². The summed E-state index contributed by atoms with van der Waals surface area (Å²) in [5, 5.41) is 6.36. The van der Waals surface area contributed by atoms with Crippen molar-refractivity contribution in [3.8, 4) is 11.5 Å². The maximum absolute atomic E-state index is 11.9. The Bertz CT molecular complexity index is 804. The number of carbonyl (C=O) groups is 1. The summed E-state index contributed by atoms with van der Waals surface area (Å²) in [4.78, 5) is 11.9. The normalized spacial score (nSPS) is 21.9. The molecule has 2 heterocycles. The molecule has 2 atom stereocenters. The quantitative estimate of drug-likeness (QED) is 0.854. The van der Waals surface area contributed by atoms with Crippen molar-refractivity contribution in [2.75, 3.05) is 26.8 Å². The van der Waals surface area contributed by atoms with Gasteiger partial charge in [0, 0.05) is 18.0 Å². The lowest BCUT2D eigenvalue weighted by atomic mass is 9.83. The number of nitrogens with one attached hydrogen (secondary N) is 2. The molecule has 2 aliphatic heterocycles. The average Bonchev–Trinajstić information content (AvgIpc) is 2.92. The Morgan fingerprint density at radius 2 is 1.81 bits per heavy atom. The first kappa shape index (κ1) is 17.9. The van der Waals surface area contributed by atoms with Crippen LogP contribution >= 0.6 is 0 Å². The fraction of sp³-hybridized carbons (Fsp3) is 0.409. The number of methoxy groups -OCH3 is 1. The Hall–Kier alpha value is -2.53. The molecule has 5 nitrogen and oxygen atoms in total. The minimum Gasteiger partial charge on any atom is -0.497 e. The van der Waals surface area contributed by atoms with Crippen LogP contribution in [0.25, 0.3) is 0 Å². The second kappa shape index (κ2) is 8.01. The molecule has 1 fully saturated rings. The molecule has 0 aliphatic carbocycles. The van der Waals surface area contributed by atoms with Crippen LogP contribution in [0.2, 0.25) is 0 Å². The smallest absolute Gasteiger partial charge is 0.252 e. The second-order valence-electron chi connectivity index (χ2n) is 7.28. The number of benzene rings is 2. The zero-order chi connectivity index (χ0) is 18.6. The van der Waals surface area contributed by atoms with E-state index >= 15 is 0 Å². The van der Waals surface area contributed by atoms with Crippen molar-refractivity contribution in [2.24, 2.45) is 5.92 Å². The van der Waals surface area contributed by atoms with Gasteiger partial charge in [-0.2, -0.15) is 0 Å². The molecule has 0 aromatic heterocycles.